The molecule has 0 spiro atoms. The molecule has 0 fully saturated rings. The van der Waals surface area contributed by atoms with Crippen molar-refractivity contribution in [2.75, 3.05) is 7.11 Å². The van der Waals surface area contributed by atoms with Crippen LogP contribution in [0.15, 0.2) is 40.8 Å². The highest BCUT2D eigenvalue weighted by Crippen LogP contribution is 2.34. The van der Waals surface area contributed by atoms with Crippen molar-refractivity contribution in [3.8, 4) is 23.0 Å². The van der Waals surface area contributed by atoms with E-state index < -0.39 is 5.24 Å². The summed E-state index contributed by atoms with van der Waals surface area (Å²) < 4.78 is 16.9. The highest BCUT2D eigenvalue weighted by atomic mass is 35.5. The number of rotatable bonds is 7. The number of hydrogen-bond acceptors (Lipinski definition) is 6. The number of halogens is 3. The van der Waals surface area contributed by atoms with Crippen molar-refractivity contribution in [3.05, 3.63) is 63.5 Å². The Morgan fingerprint density at radius 1 is 1.14 bits per heavy atom. The highest BCUT2D eigenvalue weighted by Gasteiger charge is 2.14. The van der Waals surface area contributed by atoms with E-state index in [0.717, 1.165) is 11.1 Å². The number of methoxy groups -OCH3 is 1. The monoisotopic (exact) mass is 452 g/mol. The number of carbonyl (C=O) groups excluding carboxylic acids is 1. The second kappa shape index (κ2) is 9.31. The van der Waals surface area contributed by atoms with Gasteiger partial charge >= 0.3 is 0 Å². The summed E-state index contributed by atoms with van der Waals surface area (Å²) in [5, 5.41) is 8.36. The van der Waals surface area contributed by atoms with Gasteiger partial charge < -0.3 is 13.9 Å². The number of carbonyl (C=O) groups is 1. The molecule has 0 aliphatic heterocycles. The fourth-order valence-corrected chi connectivity index (χ4v) is 3.19. The lowest BCUT2D eigenvalue weighted by atomic mass is 10.1. The Bertz CT molecular complexity index is 1060. The molecular formula is C20H15Cl3N2O4. The maximum Gasteiger partial charge on any atom is 0.254 e. The summed E-state index contributed by atoms with van der Waals surface area (Å²) in [5.41, 5.74) is 2.16. The van der Waals surface area contributed by atoms with E-state index in [1.807, 2.05) is 13.0 Å². The first-order chi connectivity index (χ1) is 13.9. The van der Waals surface area contributed by atoms with Crippen molar-refractivity contribution in [1.29, 1.82) is 0 Å². The van der Waals surface area contributed by atoms with Gasteiger partial charge in [-0.3, -0.25) is 4.79 Å². The molecule has 0 aliphatic rings. The molecule has 0 N–H and O–H groups in total. The fourth-order valence-electron chi connectivity index (χ4n) is 2.60. The number of aryl methyl sites for hydroxylation is 1. The van der Waals surface area contributed by atoms with Crippen molar-refractivity contribution >= 4 is 46.1 Å². The van der Waals surface area contributed by atoms with E-state index in [9.17, 15) is 4.79 Å². The van der Waals surface area contributed by atoms with Crippen LogP contribution in [0.2, 0.25) is 10.0 Å². The Morgan fingerprint density at radius 3 is 2.52 bits per heavy atom. The molecule has 0 atom stereocenters. The molecule has 29 heavy (non-hydrogen) atoms. The zero-order valence-corrected chi connectivity index (χ0v) is 17.7. The highest BCUT2D eigenvalue weighted by molar-refractivity contribution is 6.66. The molecule has 1 heterocycles. The molecule has 0 radical (unpaired) electrons. The maximum absolute atomic E-state index is 10.9. The first kappa shape index (κ1) is 21.2. The lowest BCUT2D eigenvalue weighted by Crippen LogP contribution is -2.00. The van der Waals surface area contributed by atoms with Crippen LogP contribution in [0.25, 0.3) is 17.5 Å². The Morgan fingerprint density at radius 2 is 1.86 bits per heavy atom. The number of allylic oxidation sites excluding steroid dienone is 1. The van der Waals surface area contributed by atoms with Gasteiger partial charge in [0.2, 0.25) is 11.1 Å². The van der Waals surface area contributed by atoms with E-state index in [-0.39, 0.29) is 18.4 Å². The molecule has 0 bridgehead atoms. The van der Waals surface area contributed by atoms with Gasteiger partial charge in [-0.05, 0) is 66.1 Å². The summed E-state index contributed by atoms with van der Waals surface area (Å²) in [4.78, 5) is 10.9. The van der Waals surface area contributed by atoms with Crippen LogP contribution in [-0.4, -0.2) is 22.5 Å². The molecule has 0 saturated carbocycles. The van der Waals surface area contributed by atoms with Gasteiger partial charge in [0, 0.05) is 15.6 Å². The first-order valence-electron chi connectivity index (χ1n) is 8.33. The molecule has 0 aliphatic carbocycles. The molecule has 1 aromatic heterocycles. The quantitative estimate of drug-likeness (QED) is 0.336. The predicted molar refractivity (Wildman–Crippen MR) is 112 cm³/mol. The van der Waals surface area contributed by atoms with Crippen LogP contribution in [0.1, 0.15) is 17.0 Å². The molecule has 3 rings (SSSR count). The maximum atomic E-state index is 10.9. The molecule has 150 valence electrons. The standard InChI is InChI=1S/C20H15Cl3N2O4/c1-11-5-12(3-4-17(23)26)6-16(27-2)19(11)28-10-18-24-25-20(29-18)13-7-14(21)9-15(22)8-13/h3-9H,10H2,1-2H3/b4-3+. The van der Waals surface area contributed by atoms with E-state index in [1.165, 1.54) is 13.2 Å². The average molecular weight is 454 g/mol. The molecule has 9 heteroatoms. The Labute approximate surface area is 182 Å². The molecule has 2 aromatic carbocycles. The third kappa shape index (κ3) is 5.50. The number of benzene rings is 2. The van der Waals surface area contributed by atoms with Crippen molar-refractivity contribution in [2.45, 2.75) is 13.5 Å². The minimum Gasteiger partial charge on any atom is -0.493 e. The number of ether oxygens (including phenoxy) is 2. The summed E-state index contributed by atoms with van der Waals surface area (Å²) in [5.74, 6) is 1.57. The molecule has 3 aromatic rings. The van der Waals surface area contributed by atoms with Crippen LogP contribution in [0.5, 0.6) is 11.5 Å². The smallest absolute Gasteiger partial charge is 0.254 e. The lowest BCUT2D eigenvalue weighted by Gasteiger charge is -2.13. The topological polar surface area (TPSA) is 74.5 Å². The lowest BCUT2D eigenvalue weighted by molar-refractivity contribution is -0.107. The molecule has 0 saturated heterocycles. The van der Waals surface area contributed by atoms with Crippen molar-refractivity contribution < 1.29 is 18.7 Å². The van der Waals surface area contributed by atoms with Crippen molar-refractivity contribution in [2.24, 2.45) is 0 Å². The average Bonchev–Trinajstić information content (AvgIpc) is 3.13. The van der Waals surface area contributed by atoms with E-state index in [2.05, 4.69) is 10.2 Å². The Hall–Kier alpha value is -2.54. The normalized spacial score (nSPS) is 11.1. The number of aromatic nitrogens is 2. The van der Waals surface area contributed by atoms with Crippen LogP contribution in [0, 0.1) is 6.92 Å². The van der Waals surface area contributed by atoms with Gasteiger partial charge in [-0.2, -0.15) is 0 Å². The minimum absolute atomic E-state index is 0.0356. The number of hydrogen-bond donors (Lipinski definition) is 0. The van der Waals surface area contributed by atoms with Gasteiger partial charge in [0.15, 0.2) is 18.1 Å². The third-order valence-electron chi connectivity index (χ3n) is 3.81. The second-order valence-electron chi connectivity index (χ2n) is 5.95. The zero-order valence-electron chi connectivity index (χ0n) is 15.4. The molecular weight excluding hydrogens is 439 g/mol. The van der Waals surface area contributed by atoms with Crippen LogP contribution >= 0.6 is 34.8 Å². The second-order valence-corrected chi connectivity index (χ2v) is 7.20. The van der Waals surface area contributed by atoms with Gasteiger partial charge in [-0.15, -0.1) is 10.2 Å². The van der Waals surface area contributed by atoms with Crippen molar-refractivity contribution in [3.63, 3.8) is 0 Å². The van der Waals surface area contributed by atoms with Gasteiger partial charge in [0.05, 0.1) is 7.11 Å². The summed E-state index contributed by atoms with van der Waals surface area (Å²) in [6, 6.07) is 8.53. The van der Waals surface area contributed by atoms with E-state index in [0.29, 0.717) is 27.1 Å². The van der Waals surface area contributed by atoms with Crippen LogP contribution in [0.3, 0.4) is 0 Å². The summed E-state index contributed by atoms with van der Waals surface area (Å²) in [6.07, 6.45) is 2.85. The van der Waals surface area contributed by atoms with E-state index in [4.69, 9.17) is 48.7 Å². The molecule has 6 nitrogen and oxygen atoms in total. The van der Waals surface area contributed by atoms with E-state index in [1.54, 1.807) is 30.3 Å². The Kier molecular flexibility index (Phi) is 6.79. The van der Waals surface area contributed by atoms with Crippen LogP contribution in [0.4, 0.5) is 0 Å². The Balaban J connectivity index is 1.78. The van der Waals surface area contributed by atoms with Crippen molar-refractivity contribution in [1.82, 2.24) is 10.2 Å². The minimum atomic E-state index is -0.560. The van der Waals surface area contributed by atoms with Gasteiger partial charge in [-0.1, -0.05) is 29.3 Å². The molecule has 0 unspecified atom stereocenters. The third-order valence-corrected chi connectivity index (χ3v) is 4.37. The first-order valence-corrected chi connectivity index (χ1v) is 9.47. The predicted octanol–water partition coefficient (Wildman–Crippen LogP) is 5.72. The fraction of sp³-hybridized carbons (Fsp3) is 0.150. The SMILES string of the molecule is COc1cc(/C=C/C(=O)Cl)cc(C)c1OCc1nnc(-c2cc(Cl)cc(Cl)c2)o1. The van der Waals surface area contributed by atoms with Crippen LogP contribution in [-0.2, 0) is 11.4 Å². The van der Waals surface area contributed by atoms with Gasteiger partial charge in [0.1, 0.15) is 0 Å². The van der Waals surface area contributed by atoms with Gasteiger partial charge in [0.25, 0.3) is 5.89 Å². The molecule has 0 amide bonds. The van der Waals surface area contributed by atoms with Gasteiger partial charge in [-0.25, -0.2) is 0 Å². The van der Waals surface area contributed by atoms with Crippen LogP contribution < -0.4 is 9.47 Å². The summed E-state index contributed by atoms with van der Waals surface area (Å²) >= 11 is 17.3. The van der Waals surface area contributed by atoms with E-state index >= 15 is 0 Å². The zero-order chi connectivity index (χ0) is 21.0. The number of nitrogens with zero attached hydrogens (tertiary/aromatic N) is 2. The summed E-state index contributed by atoms with van der Waals surface area (Å²) in [6.45, 7) is 1.89. The summed E-state index contributed by atoms with van der Waals surface area (Å²) in [7, 11) is 1.52. The largest absolute Gasteiger partial charge is 0.493 e.